The molecule has 13 heavy (non-hydrogen) atoms. The van der Waals surface area contributed by atoms with Crippen molar-refractivity contribution in [1.82, 2.24) is 0 Å². The Bertz CT molecular complexity index is 298. The normalized spacial score (nSPS) is 9.46. The maximum atomic E-state index is 5.22. The van der Waals surface area contributed by atoms with Crippen LogP contribution in [0.3, 0.4) is 0 Å². The summed E-state index contributed by atoms with van der Waals surface area (Å²) in [5.74, 6) is 1.25. The number of aryl methyl sites for hydroxylation is 1. The van der Waals surface area contributed by atoms with Crippen LogP contribution in [0.1, 0.15) is 5.56 Å². The molecule has 70 valence electrons. The number of nitrogens with two attached hydrogens (primary N) is 1. The topological polar surface area (TPSA) is 56.4 Å². The molecule has 1 rings (SSSR count). The van der Waals surface area contributed by atoms with Crippen LogP contribution in [0.25, 0.3) is 0 Å². The molecule has 0 amide bonds. The summed E-state index contributed by atoms with van der Waals surface area (Å²) in [6.07, 6.45) is 0. The number of ether oxygens (including phenoxy) is 2. The van der Waals surface area contributed by atoms with Gasteiger partial charge in [0, 0.05) is 0 Å². The van der Waals surface area contributed by atoms with Gasteiger partial charge in [-0.15, -0.1) is 0 Å². The Hall–Kier alpha value is -1.58. The van der Waals surface area contributed by atoms with E-state index < -0.39 is 0 Å². The molecule has 4 heteroatoms. The summed E-state index contributed by atoms with van der Waals surface area (Å²) in [5.41, 5.74) is 6.80. The fourth-order valence-electron chi connectivity index (χ4n) is 1.15. The first-order valence-corrected chi connectivity index (χ1v) is 3.86. The third-order valence-corrected chi connectivity index (χ3v) is 1.75. The Labute approximate surface area is 77.0 Å². The fourth-order valence-corrected chi connectivity index (χ4v) is 1.15. The van der Waals surface area contributed by atoms with Gasteiger partial charge in [0.2, 0.25) is 5.69 Å². The van der Waals surface area contributed by atoms with Crippen LogP contribution in [0.2, 0.25) is 0 Å². The van der Waals surface area contributed by atoms with E-state index in [1.54, 1.807) is 14.2 Å². The molecule has 4 nitrogen and oxygen atoms in total. The second-order valence-corrected chi connectivity index (χ2v) is 2.65. The van der Waals surface area contributed by atoms with E-state index in [1.165, 1.54) is 0 Å². The van der Waals surface area contributed by atoms with Gasteiger partial charge in [-0.05, 0) is 29.7 Å². The predicted octanol–water partition coefficient (Wildman–Crippen LogP) is 0.855. The molecule has 0 fully saturated rings. The smallest absolute Gasteiger partial charge is 0.213 e. The lowest BCUT2D eigenvalue weighted by Crippen LogP contribution is -2.22. The Balaban J connectivity index is 3.33. The van der Waals surface area contributed by atoms with Gasteiger partial charge in [-0.1, -0.05) is 0 Å². The Morgan fingerprint density at radius 2 is 1.62 bits per heavy atom. The molecule has 0 saturated heterocycles. The van der Waals surface area contributed by atoms with Crippen molar-refractivity contribution in [2.75, 3.05) is 14.2 Å². The first-order chi connectivity index (χ1) is 6.22. The van der Waals surface area contributed by atoms with E-state index in [9.17, 15) is 0 Å². The van der Waals surface area contributed by atoms with Crippen molar-refractivity contribution in [2.45, 2.75) is 6.92 Å². The van der Waals surface area contributed by atoms with Crippen molar-refractivity contribution in [3.05, 3.63) is 17.7 Å². The van der Waals surface area contributed by atoms with Crippen LogP contribution in [0.5, 0.6) is 11.5 Å². The summed E-state index contributed by atoms with van der Waals surface area (Å²) in [5, 5.41) is 3.60. The highest BCUT2D eigenvalue weighted by Gasteiger charge is 2.11. The molecule has 2 N–H and O–H groups in total. The zero-order valence-electron chi connectivity index (χ0n) is 8.00. The number of hydrogen-bond acceptors (Lipinski definition) is 3. The zero-order valence-corrected chi connectivity index (χ0v) is 8.00. The molecule has 0 aliphatic heterocycles. The molecule has 0 aromatic heterocycles. The van der Waals surface area contributed by atoms with Crippen LogP contribution in [0.15, 0.2) is 17.2 Å². The summed E-state index contributed by atoms with van der Waals surface area (Å²) in [4.78, 5) is 0. The lowest BCUT2D eigenvalue weighted by molar-refractivity contribution is -0.210. The van der Waals surface area contributed by atoms with Crippen LogP contribution in [0.4, 0.5) is 5.69 Å². The van der Waals surface area contributed by atoms with Crippen molar-refractivity contribution < 1.29 is 15.0 Å². The van der Waals surface area contributed by atoms with Crippen LogP contribution >= 0.6 is 0 Å². The largest absolute Gasteiger partial charge is 0.494 e. The zero-order chi connectivity index (χ0) is 9.84. The van der Waals surface area contributed by atoms with Crippen molar-refractivity contribution in [1.29, 1.82) is 0 Å². The standard InChI is InChI=1S/C9H12N2O2/c1-6-4-7(12-2)9(11-10)8(5-6)13-3/h4-5,10H,1-3H3/p+1. The van der Waals surface area contributed by atoms with E-state index in [1.807, 2.05) is 19.1 Å². The molecule has 0 heterocycles. The fraction of sp³-hybridized carbons (Fsp3) is 0.333. The molecule has 0 aliphatic carbocycles. The van der Waals surface area contributed by atoms with Gasteiger partial charge in [-0.25, -0.2) is 0 Å². The number of methoxy groups -OCH3 is 2. The van der Waals surface area contributed by atoms with Gasteiger partial charge in [-0.3, -0.25) is 0 Å². The summed E-state index contributed by atoms with van der Waals surface area (Å²) < 4.78 is 10.2. The highest BCUT2D eigenvalue weighted by Crippen LogP contribution is 2.37. The predicted molar refractivity (Wildman–Crippen MR) is 48.3 cm³/mol. The van der Waals surface area contributed by atoms with E-state index >= 15 is 0 Å². The van der Waals surface area contributed by atoms with Crippen LogP contribution in [0, 0.1) is 6.92 Å². The van der Waals surface area contributed by atoms with Gasteiger partial charge < -0.3 is 9.47 Å². The van der Waals surface area contributed by atoms with E-state index in [0.29, 0.717) is 17.2 Å². The average Bonchev–Trinajstić information content (AvgIpc) is 2.16. The first-order valence-electron chi connectivity index (χ1n) is 3.86. The molecule has 0 bridgehead atoms. The van der Waals surface area contributed by atoms with Crippen molar-refractivity contribution in [3.8, 4) is 11.5 Å². The Morgan fingerprint density at radius 1 is 1.15 bits per heavy atom. The molecule has 0 unspecified atom stereocenters. The second kappa shape index (κ2) is 3.89. The number of nitrogens with zero attached hydrogens (tertiary/aromatic N) is 1. The highest BCUT2D eigenvalue weighted by molar-refractivity contribution is 5.62. The lowest BCUT2D eigenvalue weighted by Gasteiger charge is -2.07. The number of rotatable bonds is 3. The van der Waals surface area contributed by atoms with Gasteiger partial charge in [0.1, 0.15) is 0 Å². The van der Waals surface area contributed by atoms with Gasteiger partial charge in [0.25, 0.3) is 0 Å². The second-order valence-electron chi connectivity index (χ2n) is 2.65. The summed E-state index contributed by atoms with van der Waals surface area (Å²) in [7, 11) is 3.14. The van der Waals surface area contributed by atoms with Crippen LogP contribution < -0.4 is 15.0 Å². The summed E-state index contributed by atoms with van der Waals surface area (Å²) >= 11 is 0. The monoisotopic (exact) mass is 181 g/mol. The van der Waals surface area contributed by atoms with Crippen molar-refractivity contribution in [3.63, 3.8) is 0 Å². The maximum absolute atomic E-state index is 5.22. The van der Waals surface area contributed by atoms with Gasteiger partial charge in [0.05, 0.1) is 14.2 Å². The summed E-state index contributed by atoms with van der Waals surface area (Å²) in [6, 6.07) is 3.71. The molecule has 0 aliphatic rings. The quantitative estimate of drug-likeness (QED) is 0.703. The molecular weight excluding hydrogens is 168 g/mol. The van der Waals surface area contributed by atoms with E-state index in [-0.39, 0.29) is 0 Å². The molecular formula is C9H13N2O2+. The third kappa shape index (κ3) is 1.77. The number of benzene rings is 1. The van der Waals surface area contributed by atoms with Crippen LogP contribution in [-0.2, 0) is 0 Å². The minimum atomic E-state index is 0.538. The first kappa shape index (κ1) is 9.51. The molecule has 0 spiro atoms. The molecule has 0 radical (unpaired) electrons. The Morgan fingerprint density at radius 3 is 1.92 bits per heavy atom. The van der Waals surface area contributed by atoms with Crippen molar-refractivity contribution in [2.24, 2.45) is 5.11 Å². The molecule has 0 atom stereocenters. The lowest BCUT2D eigenvalue weighted by atomic mass is 10.2. The van der Waals surface area contributed by atoms with Gasteiger partial charge >= 0.3 is 0 Å². The average molecular weight is 181 g/mol. The molecule has 0 saturated carbocycles. The van der Waals surface area contributed by atoms with E-state index in [0.717, 1.165) is 5.56 Å². The minimum absolute atomic E-state index is 0.538. The molecule has 1 aromatic carbocycles. The van der Waals surface area contributed by atoms with Crippen LogP contribution in [-0.4, -0.2) is 14.2 Å². The summed E-state index contributed by atoms with van der Waals surface area (Å²) in [6.45, 7) is 1.95. The maximum Gasteiger partial charge on any atom is 0.213 e. The molecule has 1 aromatic rings. The van der Waals surface area contributed by atoms with E-state index in [2.05, 4.69) is 5.11 Å². The number of hydrogen-bond donors (Lipinski definition) is 1. The van der Waals surface area contributed by atoms with Gasteiger partial charge in [-0.2, -0.15) is 5.53 Å². The van der Waals surface area contributed by atoms with Gasteiger partial charge in [0.15, 0.2) is 11.5 Å². The highest BCUT2D eigenvalue weighted by atomic mass is 16.5. The SMILES string of the molecule is COc1cc(C)cc(OC)c1N=[NH2+]. The van der Waals surface area contributed by atoms with Crippen molar-refractivity contribution >= 4 is 5.69 Å². The Kier molecular flexibility index (Phi) is 2.84. The minimum Gasteiger partial charge on any atom is -0.494 e. The van der Waals surface area contributed by atoms with E-state index in [4.69, 9.17) is 15.0 Å². The third-order valence-electron chi connectivity index (χ3n) is 1.75.